The fourth-order valence-electron chi connectivity index (χ4n) is 5.20. The van der Waals surface area contributed by atoms with Crippen LogP contribution in [0.5, 0.6) is 0 Å². The Morgan fingerprint density at radius 1 is 1.21 bits per heavy atom. The molecule has 3 heteroatoms. The van der Waals surface area contributed by atoms with Gasteiger partial charge in [-0.1, -0.05) is 44.7 Å². The smallest absolute Gasteiger partial charge is 0.0635 e. The van der Waals surface area contributed by atoms with Crippen molar-refractivity contribution < 1.29 is 9.47 Å². The van der Waals surface area contributed by atoms with E-state index in [4.69, 9.17) is 9.47 Å². The van der Waals surface area contributed by atoms with Crippen LogP contribution in [-0.4, -0.2) is 38.0 Å². The normalized spacial score (nSPS) is 32.8. The van der Waals surface area contributed by atoms with Gasteiger partial charge < -0.3 is 14.8 Å². The second-order valence-corrected chi connectivity index (χ2v) is 10.5. The summed E-state index contributed by atoms with van der Waals surface area (Å²) < 4.78 is 12.1. The third kappa shape index (κ3) is 6.80. The molecule has 2 rings (SSSR count). The Kier molecular flexibility index (Phi) is 8.75. The molecule has 29 heavy (non-hydrogen) atoms. The average molecular weight is 404 g/mol. The third-order valence-corrected chi connectivity index (χ3v) is 7.16. The van der Waals surface area contributed by atoms with Gasteiger partial charge in [-0.3, -0.25) is 0 Å². The van der Waals surface area contributed by atoms with Crippen LogP contribution in [0.25, 0.3) is 0 Å². The molecule has 0 aromatic rings. The van der Waals surface area contributed by atoms with E-state index in [2.05, 4.69) is 77.7 Å². The lowest BCUT2D eigenvalue weighted by atomic mass is 9.66. The standard InChI is InChI=1S/C26H45NO2/c1-8-10-11-23(9-2)26(14-17-29-25(6,7)20-26)13-15-27-19-22-12-16-28-21(3)24(4,5)18-22/h8-11,21-22,27H,2,12-20H2,1,3-7H3/b10-8-,23-11+. The molecule has 1 N–H and O–H groups in total. The van der Waals surface area contributed by atoms with Gasteiger partial charge in [-0.25, -0.2) is 0 Å². The molecule has 2 saturated heterocycles. The molecule has 0 bridgehead atoms. The van der Waals surface area contributed by atoms with Crippen molar-refractivity contribution in [3.8, 4) is 0 Å². The molecule has 2 aliphatic heterocycles. The van der Waals surface area contributed by atoms with E-state index in [1.165, 1.54) is 12.0 Å². The summed E-state index contributed by atoms with van der Waals surface area (Å²) in [4.78, 5) is 0. The SMILES string of the molecule is C=C/C(=C\C=C/C)C1(CCNCC2CCOC(C)C(C)(C)C2)CCOC(C)(C)C1. The van der Waals surface area contributed by atoms with E-state index < -0.39 is 0 Å². The molecular formula is C26H45NO2. The predicted molar refractivity (Wildman–Crippen MR) is 124 cm³/mol. The minimum atomic E-state index is -0.0882. The highest BCUT2D eigenvalue weighted by Crippen LogP contribution is 2.47. The maximum Gasteiger partial charge on any atom is 0.0635 e. The molecule has 0 radical (unpaired) electrons. The summed E-state index contributed by atoms with van der Waals surface area (Å²) in [7, 11) is 0. The number of hydrogen-bond donors (Lipinski definition) is 1. The van der Waals surface area contributed by atoms with Crippen LogP contribution in [0.15, 0.2) is 36.5 Å². The lowest BCUT2D eigenvalue weighted by Gasteiger charge is -2.46. The molecule has 166 valence electrons. The second-order valence-electron chi connectivity index (χ2n) is 10.5. The number of allylic oxidation sites excluding steroid dienone is 5. The molecule has 2 fully saturated rings. The van der Waals surface area contributed by atoms with Crippen molar-refractivity contribution in [1.29, 1.82) is 0 Å². The fourth-order valence-corrected chi connectivity index (χ4v) is 5.20. The maximum atomic E-state index is 6.05. The molecule has 0 saturated carbocycles. The summed E-state index contributed by atoms with van der Waals surface area (Å²) >= 11 is 0. The van der Waals surface area contributed by atoms with Crippen molar-refractivity contribution in [3.63, 3.8) is 0 Å². The van der Waals surface area contributed by atoms with Crippen LogP contribution < -0.4 is 5.32 Å². The summed E-state index contributed by atoms with van der Waals surface area (Å²) in [6, 6.07) is 0. The van der Waals surface area contributed by atoms with E-state index in [-0.39, 0.29) is 16.4 Å². The first kappa shape index (κ1) is 24.4. The molecule has 3 atom stereocenters. The van der Waals surface area contributed by atoms with Gasteiger partial charge in [0.2, 0.25) is 0 Å². The molecular weight excluding hydrogens is 358 g/mol. The van der Waals surface area contributed by atoms with E-state index in [9.17, 15) is 0 Å². The third-order valence-electron chi connectivity index (χ3n) is 7.16. The van der Waals surface area contributed by atoms with E-state index in [1.807, 2.05) is 0 Å². The first-order valence-corrected chi connectivity index (χ1v) is 11.6. The van der Waals surface area contributed by atoms with Crippen LogP contribution in [0.4, 0.5) is 0 Å². The molecule has 3 unspecified atom stereocenters. The molecule has 2 heterocycles. The molecule has 0 aromatic heterocycles. The van der Waals surface area contributed by atoms with Gasteiger partial charge in [0, 0.05) is 18.6 Å². The molecule has 0 spiro atoms. The van der Waals surface area contributed by atoms with Crippen molar-refractivity contribution in [3.05, 3.63) is 36.5 Å². The average Bonchev–Trinajstić information content (AvgIpc) is 2.76. The zero-order valence-corrected chi connectivity index (χ0v) is 19.9. The van der Waals surface area contributed by atoms with Crippen LogP contribution >= 0.6 is 0 Å². The van der Waals surface area contributed by atoms with Crippen LogP contribution in [0.3, 0.4) is 0 Å². The van der Waals surface area contributed by atoms with Crippen LogP contribution in [-0.2, 0) is 9.47 Å². The Bertz CT molecular complexity index is 590. The fraction of sp³-hybridized carbons (Fsp3) is 0.769. The topological polar surface area (TPSA) is 30.5 Å². The quantitative estimate of drug-likeness (QED) is 0.394. The summed E-state index contributed by atoms with van der Waals surface area (Å²) in [6.45, 7) is 21.4. The van der Waals surface area contributed by atoms with E-state index in [0.29, 0.717) is 12.0 Å². The van der Waals surface area contributed by atoms with Crippen LogP contribution in [0.2, 0.25) is 0 Å². The van der Waals surface area contributed by atoms with Crippen molar-refractivity contribution in [2.24, 2.45) is 16.7 Å². The Morgan fingerprint density at radius 3 is 2.62 bits per heavy atom. The van der Waals surface area contributed by atoms with Gasteiger partial charge in [0.15, 0.2) is 0 Å². The predicted octanol–water partition coefficient (Wildman–Crippen LogP) is 6.07. The van der Waals surface area contributed by atoms with Gasteiger partial charge in [-0.2, -0.15) is 0 Å². The minimum absolute atomic E-state index is 0.0882. The van der Waals surface area contributed by atoms with Gasteiger partial charge >= 0.3 is 0 Å². The van der Waals surface area contributed by atoms with Gasteiger partial charge in [-0.05, 0) is 89.8 Å². The molecule has 2 aliphatic rings. The van der Waals surface area contributed by atoms with Gasteiger partial charge in [0.1, 0.15) is 0 Å². The molecule has 0 aromatic carbocycles. The molecule has 0 amide bonds. The number of ether oxygens (including phenoxy) is 2. The zero-order valence-electron chi connectivity index (χ0n) is 19.9. The largest absolute Gasteiger partial charge is 0.378 e. The highest BCUT2D eigenvalue weighted by atomic mass is 16.5. The van der Waals surface area contributed by atoms with E-state index >= 15 is 0 Å². The Hall–Kier alpha value is -0.900. The van der Waals surface area contributed by atoms with Crippen molar-refractivity contribution in [1.82, 2.24) is 5.32 Å². The summed E-state index contributed by atoms with van der Waals surface area (Å²) in [5, 5.41) is 3.79. The Balaban J connectivity index is 2.00. The highest BCUT2D eigenvalue weighted by molar-refractivity contribution is 5.30. The Morgan fingerprint density at radius 2 is 1.97 bits per heavy atom. The van der Waals surface area contributed by atoms with Crippen molar-refractivity contribution in [2.45, 2.75) is 85.4 Å². The van der Waals surface area contributed by atoms with Gasteiger partial charge in [0.05, 0.1) is 11.7 Å². The highest BCUT2D eigenvalue weighted by Gasteiger charge is 2.42. The number of rotatable bonds is 8. The maximum absolute atomic E-state index is 6.05. The first-order valence-electron chi connectivity index (χ1n) is 11.6. The van der Waals surface area contributed by atoms with Crippen molar-refractivity contribution >= 4 is 0 Å². The van der Waals surface area contributed by atoms with Gasteiger partial charge in [-0.15, -0.1) is 0 Å². The summed E-state index contributed by atoms with van der Waals surface area (Å²) in [5.74, 6) is 0.689. The summed E-state index contributed by atoms with van der Waals surface area (Å²) in [5.41, 5.74) is 1.65. The number of nitrogens with one attached hydrogen (secondary N) is 1. The van der Waals surface area contributed by atoms with Crippen LogP contribution in [0.1, 0.15) is 73.6 Å². The minimum Gasteiger partial charge on any atom is -0.378 e. The van der Waals surface area contributed by atoms with Crippen molar-refractivity contribution in [2.75, 3.05) is 26.3 Å². The van der Waals surface area contributed by atoms with Gasteiger partial charge in [0.25, 0.3) is 0 Å². The zero-order chi connectivity index (χ0) is 21.5. The monoisotopic (exact) mass is 403 g/mol. The lowest BCUT2D eigenvalue weighted by Crippen LogP contribution is -2.43. The molecule has 3 nitrogen and oxygen atoms in total. The lowest BCUT2D eigenvalue weighted by molar-refractivity contribution is -0.0952. The second kappa shape index (κ2) is 10.4. The Labute approximate surface area is 180 Å². The number of hydrogen-bond acceptors (Lipinski definition) is 3. The van der Waals surface area contributed by atoms with Crippen LogP contribution in [0, 0.1) is 16.7 Å². The van der Waals surface area contributed by atoms with E-state index in [1.54, 1.807) is 0 Å². The molecule has 0 aliphatic carbocycles. The first-order chi connectivity index (χ1) is 13.6. The van der Waals surface area contributed by atoms with E-state index in [0.717, 1.165) is 52.0 Å². The summed E-state index contributed by atoms with van der Waals surface area (Å²) in [6.07, 6.45) is 14.5.